The van der Waals surface area contributed by atoms with Crippen LogP contribution in [0.25, 0.3) is 0 Å². The first kappa shape index (κ1) is 19.1. The van der Waals surface area contributed by atoms with Crippen LogP contribution in [0.1, 0.15) is 12.5 Å². The van der Waals surface area contributed by atoms with E-state index in [1.807, 2.05) is 24.3 Å². The highest BCUT2D eigenvalue weighted by molar-refractivity contribution is 7.89. The summed E-state index contributed by atoms with van der Waals surface area (Å²) in [6, 6.07) is 13.5. The summed E-state index contributed by atoms with van der Waals surface area (Å²) in [5.74, 6) is -0.500. The average Bonchev–Trinajstić information content (AvgIpc) is 3.05. The van der Waals surface area contributed by atoms with Gasteiger partial charge in [0.05, 0.1) is 11.4 Å². The van der Waals surface area contributed by atoms with Crippen LogP contribution < -0.4 is 10.2 Å². The first-order valence-corrected chi connectivity index (χ1v) is 9.95. The first-order valence-electron chi connectivity index (χ1n) is 8.51. The van der Waals surface area contributed by atoms with Crippen molar-refractivity contribution in [1.82, 2.24) is 4.31 Å². The summed E-state index contributed by atoms with van der Waals surface area (Å²) in [7, 11) is -2.43. The summed E-state index contributed by atoms with van der Waals surface area (Å²) in [5, 5.41) is 2.58. The molecule has 0 spiro atoms. The van der Waals surface area contributed by atoms with Crippen molar-refractivity contribution in [2.75, 3.05) is 30.4 Å². The van der Waals surface area contributed by atoms with Crippen molar-refractivity contribution in [3.8, 4) is 0 Å². The lowest BCUT2D eigenvalue weighted by atomic mass is 10.2. The largest absolute Gasteiger partial charge is 0.326 e. The Morgan fingerprint density at radius 1 is 1.11 bits per heavy atom. The van der Waals surface area contributed by atoms with Gasteiger partial charge in [-0.3, -0.25) is 9.59 Å². The van der Waals surface area contributed by atoms with Gasteiger partial charge in [0, 0.05) is 31.9 Å². The molecule has 0 radical (unpaired) electrons. The van der Waals surface area contributed by atoms with Gasteiger partial charge in [0.25, 0.3) is 0 Å². The van der Waals surface area contributed by atoms with Gasteiger partial charge < -0.3 is 10.2 Å². The van der Waals surface area contributed by atoms with Crippen molar-refractivity contribution in [2.45, 2.75) is 18.2 Å². The fraction of sp³-hybridized carbons (Fsp3) is 0.263. The predicted molar refractivity (Wildman–Crippen MR) is 103 cm³/mol. The predicted octanol–water partition coefficient (Wildman–Crippen LogP) is 1.85. The van der Waals surface area contributed by atoms with E-state index in [0.717, 1.165) is 22.0 Å². The van der Waals surface area contributed by atoms with Gasteiger partial charge in [0.1, 0.15) is 0 Å². The molecule has 1 N–H and O–H groups in total. The van der Waals surface area contributed by atoms with Gasteiger partial charge in [0.2, 0.25) is 21.8 Å². The van der Waals surface area contributed by atoms with E-state index >= 15 is 0 Å². The average molecular weight is 387 g/mol. The summed E-state index contributed by atoms with van der Waals surface area (Å²) < 4.78 is 26.5. The second-order valence-electron chi connectivity index (χ2n) is 6.39. The second kappa shape index (κ2) is 7.50. The van der Waals surface area contributed by atoms with Crippen LogP contribution in [0.3, 0.4) is 0 Å². The van der Waals surface area contributed by atoms with E-state index in [9.17, 15) is 18.0 Å². The maximum Gasteiger partial charge on any atom is 0.243 e. The lowest BCUT2D eigenvalue weighted by molar-refractivity contribution is -0.118. The van der Waals surface area contributed by atoms with E-state index in [-0.39, 0.29) is 23.3 Å². The maximum atomic E-state index is 12.7. The lowest BCUT2D eigenvalue weighted by Crippen LogP contribution is -2.40. The molecule has 8 heteroatoms. The number of hydrogen-bond donors (Lipinski definition) is 1. The number of anilines is 2. The Morgan fingerprint density at radius 3 is 2.44 bits per heavy atom. The fourth-order valence-corrected chi connectivity index (χ4v) is 4.17. The molecule has 0 aliphatic carbocycles. The van der Waals surface area contributed by atoms with Crippen LogP contribution in [-0.2, 0) is 26.0 Å². The number of rotatable bonds is 5. The Labute approximate surface area is 158 Å². The molecule has 7 nitrogen and oxygen atoms in total. The topological polar surface area (TPSA) is 86.8 Å². The van der Waals surface area contributed by atoms with Crippen molar-refractivity contribution in [1.29, 1.82) is 0 Å². The molecule has 1 aliphatic rings. The van der Waals surface area contributed by atoms with Gasteiger partial charge in [-0.05, 0) is 42.3 Å². The normalized spacial score (nSPS) is 13.5. The van der Waals surface area contributed by atoms with Crippen LogP contribution >= 0.6 is 0 Å². The Balaban J connectivity index is 1.72. The minimum absolute atomic E-state index is 0.0636. The zero-order chi connectivity index (χ0) is 19.6. The van der Waals surface area contributed by atoms with Gasteiger partial charge in [-0.25, -0.2) is 8.42 Å². The number of nitrogens with zero attached hydrogens (tertiary/aromatic N) is 2. The van der Waals surface area contributed by atoms with Gasteiger partial charge >= 0.3 is 0 Å². The molecule has 2 amide bonds. The van der Waals surface area contributed by atoms with Gasteiger partial charge in [-0.1, -0.05) is 18.2 Å². The van der Waals surface area contributed by atoms with E-state index in [1.165, 1.54) is 38.2 Å². The van der Waals surface area contributed by atoms with E-state index in [2.05, 4.69) is 5.32 Å². The number of amides is 2. The number of nitrogens with one attached hydrogen (secondary N) is 1. The number of carbonyl (C=O) groups excluding carboxylic acids is 2. The Morgan fingerprint density at radius 2 is 1.78 bits per heavy atom. The van der Waals surface area contributed by atoms with Crippen molar-refractivity contribution >= 4 is 33.2 Å². The SMILES string of the molecule is CC(=O)Nc1ccc(S(=O)(=O)N(C)CC(=O)N2CCc3ccccc32)cc1. The van der Waals surface area contributed by atoms with Gasteiger partial charge in [0.15, 0.2) is 0 Å². The number of hydrogen-bond acceptors (Lipinski definition) is 4. The zero-order valence-electron chi connectivity index (χ0n) is 15.2. The molecule has 27 heavy (non-hydrogen) atoms. The van der Waals surface area contributed by atoms with E-state index in [0.29, 0.717) is 12.2 Å². The van der Waals surface area contributed by atoms with Crippen molar-refractivity contribution in [3.63, 3.8) is 0 Å². The quantitative estimate of drug-likeness (QED) is 0.848. The lowest BCUT2D eigenvalue weighted by Gasteiger charge is -2.22. The summed E-state index contributed by atoms with van der Waals surface area (Å²) >= 11 is 0. The third-order valence-electron chi connectivity index (χ3n) is 4.43. The van der Waals surface area contributed by atoms with Crippen LogP contribution in [0.2, 0.25) is 0 Å². The summed E-state index contributed by atoms with van der Waals surface area (Å²) in [4.78, 5) is 25.4. The molecule has 0 aromatic heterocycles. The van der Waals surface area contributed by atoms with Crippen LogP contribution in [0.4, 0.5) is 11.4 Å². The van der Waals surface area contributed by atoms with E-state index in [4.69, 9.17) is 0 Å². The van der Waals surface area contributed by atoms with E-state index < -0.39 is 10.0 Å². The summed E-state index contributed by atoms with van der Waals surface area (Å²) in [5.41, 5.74) is 2.44. The van der Waals surface area contributed by atoms with Crippen molar-refractivity contribution < 1.29 is 18.0 Å². The highest BCUT2D eigenvalue weighted by Crippen LogP contribution is 2.27. The molecule has 1 heterocycles. The first-order chi connectivity index (χ1) is 12.8. The minimum atomic E-state index is -3.81. The fourth-order valence-electron chi connectivity index (χ4n) is 3.05. The molecule has 0 unspecified atom stereocenters. The van der Waals surface area contributed by atoms with Crippen LogP contribution in [-0.4, -0.2) is 44.7 Å². The number of sulfonamides is 1. The zero-order valence-corrected chi connectivity index (χ0v) is 16.0. The molecule has 0 saturated heterocycles. The second-order valence-corrected chi connectivity index (χ2v) is 8.44. The highest BCUT2D eigenvalue weighted by Gasteiger charge is 2.28. The molecule has 3 rings (SSSR count). The molecular weight excluding hydrogens is 366 g/mol. The number of likely N-dealkylation sites (N-methyl/N-ethyl adjacent to an activating group) is 1. The number of para-hydroxylation sites is 1. The Kier molecular flexibility index (Phi) is 5.29. The molecule has 0 fully saturated rings. The molecular formula is C19H21N3O4S. The molecule has 2 aromatic rings. The highest BCUT2D eigenvalue weighted by atomic mass is 32.2. The monoisotopic (exact) mass is 387 g/mol. The van der Waals surface area contributed by atoms with Gasteiger partial charge in [-0.2, -0.15) is 4.31 Å². The standard InChI is InChI=1S/C19H21N3O4S/c1-14(23)20-16-7-9-17(10-8-16)27(25,26)21(2)13-19(24)22-12-11-15-5-3-4-6-18(15)22/h3-10H,11-13H2,1-2H3,(H,20,23). The number of benzene rings is 2. The molecule has 2 aromatic carbocycles. The third-order valence-corrected chi connectivity index (χ3v) is 6.25. The maximum absolute atomic E-state index is 12.7. The van der Waals surface area contributed by atoms with Crippen molar-refractivity contribution in [2.24, 2.45) is 0 Å². The van der Waals surface area contributed by atoms with Crippen LogP contribution in [0, 0.1) is 0 Å². The van der Waals surface area contributed by atoms with Crippen LogP contribution in [0.15, 0.2) is 53.4 Å². The minimum Gasteiger partial charge on any atom is -0.326 e. The third kappa shape index (κ3) is 4.01. The van der Waals surface area contributed by atoms with Crippen LogP contribution in [0.5, 0.6) is 0 Å². The number of carbonyl (C=O) groups is 2. The summed E-state index contributed by atoms with van der Waals surface area (Å²) in [6.07, 6.45) is 0.767. The van der Waals surface area contributed by atoms with Gasteiger partial charge in [-0.15, -0.1) is 0 Å². The number of fused-ring (bicyclic) bond motifs is 1. The Hall–Kier alpha value is -2.71. The molecule has 0 bridgehead atoms. The molecule has 1 aliphatic heterocycles. The molecule has 0 saturated carbocycles. The van der Waals surface area contributed by atoms with Crippen molar-refractivity contribution in [3.05, 3.63) is 54.1 Å². The Bertz CT molecular complexity index is 971. The van der Waals surface area contributed by atoms with E-state index in [1.54, 1.807) is 4.90 Å². The smallest absolute Gasteiger partial charge is 0.243 e. The molecule has 0 atom stereocenters. The summed E-state index contributed by atoms with van der Waals surface area (Å²) in [6.45, 7) is 1.68. The molecule has 142 valence electrons.